The zero-order valence-corrected chi connectivity index (χ0v) is 25.2. The Hall–Kier alpha value is -2.39. The molecule has 3 N–H and O–H groups in total. The van der Waals surface area contributed by atoms with Crippen molar-refractivity contribution in [1.82, 2.24) is 20.1 Å². The van der Waals surface area contributed by atoms with Gasteiger partial charge in [-0.2, -0.15) is 0 Å². The first-order valence-corrected chi connectivity index (χ1v) is 14.9. The SMILES string of the molecule is CC(C)CN(CC(C)C)C(=O)N[C@@H](CCN(CCCCc1ccc2c(n1)NCCC2)CCOC(C)C)C(=O)O. The minimum Gasteiger partial charge on any atom is -0.480 e. The molecule has 0 unspecified atom stereocenters. The molecule has 0 bridgehead atoms. The van der Waals surface area contributed by atoms with Crippen LogP contribution < -0.4 is 10.6 Å². The van der Waals surface area contributed by atoms with Gasteiger partial charge in [0.1, 0.15) is 11.9 Å². The zero-order chi connectivity index (χ0) is 28.8. The Labute approximate surface area is 236 Å². The van der Waals surface area contributed by atoms with Crippen LogP contribution in [0.1, 0.15) is 78.5 Å². The van der Waals surface area contributed by atoms with Crippen LogP contribution in [0.25, 0.3) is 0 Å². The molecule has 39 heavy (non-hydrogen) atoms. The molecule has 2 rings (SSSR count). The number of carbonyl (C=O) groups excluding carboxylic acids is 1. The van der Waals surface area contributed by atoms with E-state index < -0.39 is 12.0 Å². The largest absolute Gasteiger partial charge is 0.480 e. The van der Waals surface area contributed by atoms with Gasteiger partial charge in [-0.15, -0.1) is 0 Å². The van der Waals surface area contributed by atoms with Crippen LogP contribution in [0.15, 0.2) is 12.1 Å². The monoisotopic (exact) mass is 547 g/mol. The first-order chi connectivity index (χ1) is 18.5. The van der Waals surface area contributed by atoms with E-state index in [0.717, 1.165) is 63.3 Å². The summed E-state index contributed by atoms with van der Waals surface area (Å²) in [5.41, 5.74) is 2.41. The van der Waals surface area contributed by atoms with Crippen molar-refractivity contribution in [3.63, 3.8) is 0 Å². The highest BCUT2D eigenvalue weighted by Gasteiger charge is 2.25. The minimum absolute atomic E-state index is 0.148. The van der Waals surface area contributed by atoms with Crippen molar-refractivity contribution in [3.05, 3.63) is 23.4 Å². The first kappa shape index (κ1) is 32.8. The lowest BCUT2D eigenvalue weighted by Gasteiger charge is -2.29. The molecular formula is C30H53N5O4. The van der Waals surface area contributed by atoms with Gasteiger partial charge in [-0.25, -0.2) is 14.6 Å². The van der Waals surface area contributed by atoms with Gasteiger partial charge in [0.05, 0.1) is 12.7 Å². The Balaban J connectivity index is 1.90. The number of fused-ring (bicyclic) bond motifs is 1. The van der Waals surface area contributed by atoms with Gasteiger partial charge in [0.2, 0.25) is 0 Å². The second-order valence-electron chi connectivity index (χ2n) is 11.9. The van der Waals surface area contributed by atoms with Gasteiger partial charge in [-0.05, 0) is 82.4 Å². The van der Waals surface area contributed by atoms with Crippen LogP contribution in [0.3, 0.4) is 0 Å². The van der Waals surface area contributed by atoms with Crippen molar-refractivity contribution in [2.75, 3.05) is 51.2 Å². The van der Waals surface area contributed by atoms with Gasteiger partial charge < -0.3 is 30.3 Å². The lowest BCUT2D eigenvalue weighted by molar-refractivity contribution is -0.139. The molecule has 1 aliphatic heterocycles. The van der Waals surface area contributed by atoms with E-state index in [9.17, 15) is 14.7 Å². The molecule has 2 amide bonds. The van der Waals surface area contributed by atoms with Crippen LogP contribution in [0.5, 0.6) is 0 Å². The molecule has 0 spiro atoms. The maximum Gasteiger partial charge on any atom is 0.326 e. The van der Waals surface area contributed by atoms with E-state index in [4.69, 9.17) is 9.72 Å². The number of anilines is 1. The number of ether oxygens (including phenoxy) is 1. The van der Waals surface area contributed by atoms with Crippen LogP contribution in [-0.2, 0) is 22.4 Å². The van der Waals surface area contributed by atoms with Crippen molar-refractivity contribution in [2.45, 2.75) is 92.2 Å². The van der Waals surface area contributed by atoms with Crippen LogP contribution in [0.4, 0.5) is 10.6 Å². The molecular weight excluding hydrogens is 494 g/mol. The number of carboxylic acid groups (broad SMARTS) is 1. The van der Waals surface area contributed by atoms with Crippen LogP contribution in [0, 0.1) is 11.8 Å². The number of aryl methyl sites for hydroxylation is 2. The molecule has 9 nitrogen and oxygen atoms in total. The number of hydrogen-bond acceptors (Lipinski definition) is 6. The number of nitrogens with zero attached hydrogens (tertiary/aromatic N) is 3. The lowest BCUT2D eigenvalue weighted by atomic mass is 10.1. The number of aliphatic carboxylic acids is 1. The number of hydrogen-bond donors (Lipinski definition) is 3. The van der Waals surface area contributed by atoms with Crippen LogP contribution in [0.2, 0.25) is 0 Å². The van der Waals surface area contributed by atoms with E-state index in [1.54, 1.807) is 4.90 Å². The summed E-state index contributed by atoms with van der Waals surface area (Å²) in [5, 5.41) is 16.1. The molecule has 1 aliphatic rings. The highest BCUT2D eigenvalue weighted by atomic mass is 16.5. The summed E-state index contributed by atoms with van der Waals surface area (Å²) in [4.78, 5) is 33.8. The number of pyridine rings is 1. The zero-order valence-electron chi connectivity index (χ0n) is 25.2. The van der Waals surface area contributed by atoms with Crippen LogP contribution >= 0.6 is 0 Å². The number of urea groups is 1. The molecule has 0 aromatic carbocycles. The summed E-state index contributed by atoms with van der Waals surface area (Å²) in [7, 11) is 0. The molecule has 2 heterocycles. The topological polar surface area (TPSA) is 107 Å². The predicted octanol–water partition coefficient (Wildman–Crippen LogP) is 4.66. The molecule has 0 saturated heterocycles. The van der Waals surface area contributed by atoms with Gasteiger partial charge in [0.25, 0.3) is 0 Å². The number of amides is 2. The fourth-order valence-corrected chi connectivity index (χ4v) is 4.83. The van der Waals surface area contributed by atoms with Crippen molar-refractivity contribution in [2.24, 2.45) is 11.8 Å². The molecule has 1 aromatic rings. The van der Waals surface area contributed by atoms with E-state index in [1.807, 2.05) is 13.8 Å². The van der Waals surface area contributed by atoms with Crippen molar-refractivity contribution in [3.8, 4) is 0 Å². The first-order valence-electron chi connectivity index (χ1n) is 14.9. The summed E-state index contributed by atoms with van der Waals surface area (Å²) in [6, 6.07) is 3.11. The standard InChI is InChI=1S/C30H53N5O4/c1-22(2)20-35(21-23(3)4)30(38)33-27(29(36)37)14-17-34(18-19-39-24(5)6)16-8-7-11-26-13-12-25-10-9-15-31-28(25)32-26/h12-13,22-24,27H,7-11,14-21H2,1-6H3,(H,31,32)(H,33,38)(H,36,37)/t27-/m0/s1. The average Bonchev–Trinajstić information content (AvgIpc) is 2.86. The molecule has 1 aromatic heterocycles. The molecule has 0 saturated carbocycles. The number of aromatic nitrogens is 1. The Morgan fingerprint density at radius 3 is 2.41 bits per heavy atom. The molecule has 222 valence electrons. The van der Waals surface area contributed by atoms with E-state index in [-0.39, 0.29) is 12.1 Å². The highest BCUT2D eigenvalue weighted by molar-refractivity contribution is 5.82. The summed E-state index contributed by atoms with van der Waals surface area (Å²) < 4.78 is 5.77. The lowest BCUT2D eigenvalue weighted by Crippen LogP contribution is -2.50. The van der Waals surface area contributed by atoms with Crippen LogP contribution in [-0.4, -0.2) is 89.9 Å². The van der Waals surface area contributed by atoms with Gasteiger partial charge in [-0.1, -0.05) is 33.8 Å². The Morgan fingerprint density at radius 1 is 1.05 bits per heavy atom. The predicted molar refractivity (Wildman–Crippen MR) is 157 cm³/mol. The third-order valence-electron chi connectivity index (χ3n) is 6.76. The summed E-state index contributed by atoms with van der Waals surface area (Å²) >= 11 is 0. The molecule has 1 atom stereocenters. The summed E-state index contributed by atoms with van der Waals surface area (Å²) in [6.45, 7) is 17.2. The quantitative estimate of drug-likeness (QED) is 0.230. The van der Waals surface area contributed by atoms with Crippen molar-refractivity contribution < 1.29 is 19.4 Å². The molecule has 0 radical (unpaired) electrons. The average molecular weight is 548 g/mol. The van der Waals surface area contributed by atoms with E-state index in [2.05, 4.69) is 55.4 Å². The van der Waals surface area contributed by atoms with E-state index in [0.29, 0.717) is 44.5 Å². The van der Waals surface area contributed by atoms with Crippen molar-refractivity contribution in [1.29, 1.82) is 0 Å². The smallest absolute Gasteiger partial charge is 0.326 e. The molecule has 0 aliphatic carbocycles. The highest BCUT2D eigenvalue weighted by Crippen LogP contribution is 2.20. The summed E-state index contributed by atoms with van der Waals surface area (Å²) in [6.07, 6.45) is 5.65. The maximum atomic E-state index is 13.0. The Kier molecular flexibility index (Phi) is 14.6. The number of carbonyl (C=O) groups is 2. The number of rotatable bonds is 18. The van der Waals surface area contributed by atoms with Gasteiger partial charge in [-0.3, -0.25) is 0 Å². The van der Waals surface area contributed by atoms with Gasteiger partial charge in [0.15, 0.2) is 0 Å². The summed E-state index contributed by atoms with van der Waals surface area (Å²) in [5.74, 6) is 0.653. The van der Waals surface area contributed by atoms with Gasteiger partial charge >= 0.3 is 12.0 Å². The molecule has 9 heteroatoms. The Bertz CT molecular complexity index is 867. The van der Waals surface area contributed by atoms with E-state index in [1.165, 1.54) is 5.56 Å². The van der Waals surface area contributed by atoms with Crippen molar-refractivity contribution >= 4 is 17.8 Å². The number of nitrogens with one attached hydrogen (secondary N) is 2. The molecule has 0 fully saturated rings. The fraction of sp³-hybridized carbons (Fsp3) is 0.767. The second-order valence-corrected chi connectivity index (χ2v) is 11.9. The minimum atomic E-state index is -0.997. The van der Waals surface area contributed by atoms with Gasteiger partial charge in [0, 0.05) is 38.4 Å². The third-order valence-corrected chi connectivity index (χ3v) is 6.76. The fourth-order valence-electron chi connectivity index (χ4n) is 4.83. The number of carboxylic acids is 1. The Morgan fingerprint density at radius 2 is 1.77 bits per heavy atom. The normalized spacial score (nSPS) is 14.0. The third kappa shape index (κ3) is 13.0. The van der Waals surface area contributed by atoms with E-state index >= 15 is 0 Å². The number of unbranched alkanes of at least 4 members (excludes halogenated alkanes) is 1. The second kappa shape index (κ2) is 17.3. The maximum absolute atomic E-state index is 13.0.